The Bertz CT molecular complexity index is 1700. The van der Waals surface area contributed by atoms with Crippen molar-refractivity contribution in [3.05, 3.63) is 10.4 Å². The summed E-state index contributed by atoms with van der Waals surface area (Å²) in [5.41, 5.74) is 3.52. The minimum atomic E-state index is -4.01. The predicted octanol–water partition coefficient (Wildman–Crippen LogP) is -0.818. The van der Waals surface area contributed by atoms with Gasteiger partial charge in [0.25, 0.3) is 13.0 Å². The summed E-state index contributed by atoms with van der Waals surface area (Å²) in [6.45, 7) is 8.35. The van der Waals surface area contributed by atoms with Crippen LogP contribution in [0.2, 0.25) is 0 Å². The molecule has 5 atom stereocenters. The maximum absolute atomic E-state index is 13.9. The Labute approximate surface area is 285 Å². The number of carboxylic acids is 1. The zero-order valence-electron chi connectivity index (χ0n) is 28.8. The lowest BCUT2D eigenvalue weighted by Crippen LogP contribution is -2.44. The van der Waals surface area contributed by atoms with Crippen LogP contribution in [0.1, 0.15) is 54.2 Å². The summed E-state index contributed by atoms with van der Waals surface area (Å²) in [6, 6.07) is -2.09. The summed E-state index contributed by atoms with van der Waals surface area (Å²) in [7, 11) is -0.502. The van der Waals surface area contributed by atoms with Crippen LogP contribution in [-0.4, -0.2) is 128 Å². The molecule has 0 radical (unpaired) electrons. The number of hydrogen-bond donors (Lipinski definition) is 5. The maximum Gasteiger partial charge on any atom is 0.343 e. The molecule has 22 nitrogen and oxygen atoms in total. The van der Waals surface area contributed by atoms with E-state index < -0.39 is 97.4 Å². The number of nitrogens with one attached hydrogen (secondary N) is 3. The molecule has 1 aliphatic rings. The van der Waals surface area contributed by atoms with Gasteiger partial charge < -0.3 is 40.0 Å². The third-order valence-corrected chi connectivity index (χ3v) is 9.59. The van der Waals surface area contributed by atoms with E-state index in [0.29, 0.717) is 15.9 Å². The molecule has 0 aliphatic carbocycles. The average molecular weight is 731 g/mol. The first-order valence-electron chi connectivity index (χ1n) is 15.4. The monoisotopic (exact) mass is 730 g/mol. The molecule has 0 bridgehead atoms. The molecule has 3 rings (SSSR count). The highest BCUT2D eigenvalue weighted by Gasteiger charge is 2.52. The summed E-state index contributed by atoms with van der Waals surface area (Å²) < 4.78 is 37.3. The highest BCUT2D eigenvalue weighted by Crippen LogP contribution is 2.45. The number of ether oxygens (including phenoxy) is 4. The van der Waals surface area contributed by atoms with Crippen LogP contribution in [0, 0.1) is 0 Å². The molecule has 1 saturated heterocycles. The Balaban J connectivity index is 2.09. The average Bonchev–Trinajstić information content (AvgIpc) is 3.49. The number of amides is 2. The van der Waals surface area contributed by atoms with Crippen LogP contribution >= 0.6 is 7.44 Å². The van der Waals surface area contributed by atoms with Gasteiger partial charge in [0.1, 0.15) is 6.10 Å². The van der Waals surface area contributed by atoms with Crippen molar-refractivity contribution >= 4 is 54.1 Å². The molecule has 3 heterocycles. The van der Waals surface area contributed by atoms with Gasteiger partial charge in [0.2, 0.25) is 11.8 Å². The summed E-state index contributed by atoms with van der Waals surface area (Å²) in [5.74, 6) is -6.15. The fourth-order valence-corrected chi connectivity index (χ4v) is 7.50. The molecule has 2 aromatic heterocycles. The molecule has 50 heavy (non-hydrogen) atoms. The molecular weight excluding hydrogens is 687 g/mol. The van der Waals surface area contributed by atoms with Crippen molar-refractivity contribution in [1.29, 1.82) is 0 Å². The van der Waals surface area contributed by atoms with Gasteiger partial charge in [-0.2, -0.15) is 9.36 Å². The highest BCUT2D eigenvalue weighted by atomic mass is 31.2. The van der Waals surface area contributed by atoms with E-state index in [0.717, 1.165) is 13.8 Å². The Kier molecular flexibility index (Phi) is 13.3. The lowest BCUT2D eigenvalue weighted by molar-refractivity contribution is -0.166. The van der Waals surface area contributed by atoms with Gasteiger partial charge >= 0.3 is 23.9 Å². The van der Waals surface area contributed by atoms with Crippen LogP contribution in [-0.2, 0) is 42.7 Å². The minimum absolute atomic E-state index is 0.0304. The van der Waals surface area contributed by atoms with Crippen molar-refractivity contribution in [2.45, 2.75) is 90.4 Å². The summed E-state index contributed by atoms with van der Waals surface area (Å²) in [5, 5.41) is 29.7. The molecule has 0 aromatic carbocycles. The van der Waals surface area contributed by atoms with Crippen LogP contribution in [0.4, 0.5) is 10.6 Å². The first-order valence-corrected chi connectivity index (χ1v) is 17.2. The molecule has 278 valence electrons. The van der Waals surface area contributed by atoms with Gasteiger partial charge in [-0.25, -0.2) is 19.8 Å². The number of carbonyl (C=O) groups excluding carboxylic acids is 4. The fraction of sp³-hybridized carbons (Fsp3) is 0.667. The molecule has 2 amide bonds. The molecular formula is C27H43N10O12P. The molecule has 5 unspecified atom stereocenters. The van der Waals surface area contributed by atoms with Crippen LogP contribution < -0.4 is 26.8 Å². The van der Waals surface area contributed by atoms with Crippen molar-refractivity contribution in [2.75, 3.05) is 32.6 Å². The number of anilines is 1. The van der Waals surface area contributed by atoms with E-state index in [-0.39, 0.29) is 17.8 Å². The third kappa shape index (κ3) is 9.67. The van der Waals surface area contributed by atoms with Crippen molar-refractivity contribution in [3.63, 3.8) is 0 Å². The summed E-state index contributed by atoms with van der Waals surface area (Å²) in [6.07, 6.45) is -6.26. The third-order valence-electron chi connectivity index (χ3n) is 6.76. The van der Waals surface area contributed by atoms with E-state index in [1.807, 2.05) is 0 Å². The van der Waals surface area contributed by atoms with Gasteiger partial charge in [-0.15, -0.1) is 10.2 Å². The second-order valence-electron chi connectivity index (χ2n) is 12.2. The van der Waals surface area contributed by atoms with Gasteiger partial charge in [0.05, 0.1) is 6.61 Å². The Morgan fingerprint density at radius 2 is 1.62 bits per heavy atom. The Morgan fingerprint density at radius 3 is 2.12 bits per heavy atom. The van der Waals surface area contributed by atoms with Gasteiger partial charge in [-0.1, -0.05) is 5.21 Å². The zero-order chi connectivity index (χ0) is 37.7. The summed E-state index contributed by atoms with van der Waals surface area (Å²) >= 11 is 0. The lowest BCUT2D eigenvalue weighted by atomic mass is 10.1. The number of nitrogens with two attached hydrogens (primary N) is 1. The fourth-order valence-electron chi connectivity index (χ4n) is 5.02. The van der Waals surface area contributed by atoms with Crippen molar-refractivity contribution in [3.8, 4) is 0 Å². The second kappa shape index (κ2) is 16.6. The number of fused-ring (bicyclic) bond motifs is 1. The summed E-state index contributed by atoms with van der Waals surface area (Å²) in [4.78, 5) is 77.2. The van der Waals surface area contributed by atoms with Crippen molar-refractivity contribution < 1.29 is 52.6 Å². The van der Waals surface area contributed by atoms with E-state index in [1.165, 1.54) is 0 Å². The molecule has 0 spiro atoms. The van der Waals surface area contributed by atoms with Crippen molar-refractivity contribution in [1.82, 2.24) is 39.8 Å². The van der Waals surface area contributed by atoms with Gasteiger partial charge in [0, 0.05) is 38.9 Å². The molecule has 1 fully saturated rings. The van der Waals surface area contributed by atoms with Crippen LogP contribution in [0.25, 0.3) is 11.0 Å². The first kappa shape index (κ1) is 40.1. The van der Waals surface area contributed by atoms with Gasteiger partial charge in [-0.3, -0.25) is 23.7 Å². The number of aliphatic carboxylic acids is 1. The minimum Gasteiger partial charge on any atom is -0.479 e. The molecule has 2 aromatic rings. The van der Waals surface area contributed by atoms with Crippen LogP contribution in [0.3, 0.4) is 0 Å². The van der Waals surface area contributed by atoms with Crippen molar-refractivity contribution in [2.24, 2.45) is 5.73 Å². The van der Waals surface area contributed by atoms with E-state index >= 15 is 0 Å². The highest BCUT2D eigenvalue weighted by molar-refractivity contribution is 7.61. The molecule has 6 N–H and O–H groups in total. The standard InChI is InChI=1S/C27H43N10O12P/c1-12(2)32-50(45,33-13(3)4)26(25(42)43)46-11-16-20(47-14(5)38)21(48-15(6)39)24(49-16)37-23(41)19-18(30-34-37)22(31-36(19)27(28)44)29-17(40)9-10-35(7)8/h12-13,16,20-21,24,26H,9-11H2,1-8H3,(H2,28,44)(H,42,43)(H,29,31,40)(H2,32,33,45). The van der Waals surface area contributed by atoms with E-state index in [4.69, 9.17) is 24.7 Å². The number of hydrogen-bond acceptors (Lipinski definition) is 15. The quantitative estimate of drug-likeness (QED) is 0.104. The zero-order valence-corrected chi connectivity index (χ0v) is 29.7. The van der Waals surface area contributed by atoms with E-state index in [9.17, 15) is 38.4 Å². The topological polar surface area (TPSA) is 291 Å². The number of carboxylic acid groups (broad SMARTS) is 1. The van der Waals surface area contributed by atoms with Gasteiger partial charge in [-0.05, 0) is 41.8 Å². The van der Waals surface area contributed by atoms with E-state index in [2.05, 4.69) is 30.9 Å². The lowest BCUT2D eigenvalue weighted by Gasteiger charge is -2.30. The Morgan fingerprint density at radius 1 is 1.04 bits per heavy atom. The molecule has 1 aliphatic heterocycles. The normalized spacial score (nSPS) is 20.0. The number of nitrogens with zero attached hydrogens (tertiary/aromatic N) is 6. The number of carbonyl (C=O) groups is 5. The van der Waals surface area contributed by atoms with E-state index in [1.54, 1.807) is 46.7 Å². The Hall–Kier alpha value is -4.34. The maximum atomic E-state index is 13.9. The van der Waals surface area contributed by atoms with Crippen LogP contribution in [0.5, 0.6) is 0 Å². The number of rotatable bonds is 16. The number of primary amides is 1. The van der Waals surface area contributed by atoms with Gasteiger partial charge in [0.15, 0.2) is 35.3 Å². The predicted molar refractivity (Wildman–Crippen MR) is 173 cm³/mol. The van der Waals surface area contributed by atoms with Crippen LogP contribution in [0.15, 0.2) is 4.79 Å². The number of esters is 2. The molecule has 0 saturated carbocycles. The first-order chi connectivity index (χ1) is 23.2. The smallest absolute Gasteiger partial charge is 0.343 e. The SMILES string of the molecule is CC(=O)OC1C(COC(C(=O)O)P(=O)(NC(C)C)NC(C)C)OC(n2nnc3c(NC(=O)CCN(C)C)nn(C(N)=O)c3c2=O)C1OC(C)=O. The second-order valence-corrected chi connectivity index (χ2v) is 14.5. The number of aromatic nitrogens is 5. The largest absolute Gasteiger partial charge is 0.479 e. The molecule has 23 heteroatoms.